The number of aromatic nitrogens is 1. The molecule has 0 saturated heterocycles. The molecule has 0 aliphatic carbocycles. The van der Waals surface area contributed by atoms with E-state index in [9.17, 15) is 0 Å². The third-order valence-corrected chi connectivity index (χ3v) is 3.13. The summed E-state index contributed by atoms with van der Waals surface area (Å²) in [4.78, 5) is 4.29. The highest BCUT2D eigenvalue weighted by Gasteiger charge is 2.02. The van der Waals surface area contributed by atoms with Crippen molar-refractivity contribution in [2.24, 2.45) is 0 Å². The second-order valence-electron chi connectivity index (χ2n) is 4.18. The van der Waals surface area contributed by atoms with Crippen LogP contribution in [0.1, 0.15) is 26.7 Å². The molecule has 0 aliphatic rings. The number of pyridine rings is 1. The van der Waals surface area contributed by atoms with Crippen LogP contribution in [0.4, 0.5) is 11.5 Å². The molecular weight excluding hydrogens is 230 g/mol. The van der Waals surface area contributed by atoms with E-state index in [-0.39, 0.29) is 0 Å². The summed E-state index contributed by atoms with van der Waals surface area (Å²) in [5.41, 5.74) is 1.15. The first-order chi connectivity index (χ1) is 8.26. The third-order valence-electron chi connectivity index (χ3n) is 2.48. The molecule has 0 fully saturated rings. The SMILES string of the molecule is CCCNc1cc(NC(C)CCSC)ccn1. The maximum Gasteiger partial charge on any atom is 0.127 e. The average Bonchev–Trinajstić information content (AvgIpc) is 2.34. The van der Waals surface area contributed by atoms with Crippen LogP contribution in [0.3, 0.4) is 0 Å². The molecule has 1 heterocycles. The van der Waals surface area contributed by atoms with E-state index in [4.69, 9.17) is 0 Å². The number of hydrogen-bond acceptors (Lipinski definition) is 4. The van der Waals surface area contributed by atoms with Crippen molar-refractivity contribution in [3.05, 3.63) is 18.3 Å². The maximum atomic E-state index is 4.29. The van der Waals surface area contributed by atoms with E-state index in [1.54, 1.807) is 0 Å². The van der Waals surface area contributed by atoms with Crippen molar-refractivity contribution in [1.82, 2.24) is 4.98 Å². The maximum absolute atomic E-state index is 4.29. The van der Waals surface area contributed by atoms with Crippen LogP contribution in [0, 0.1) is 0 Å². The predicted molar refractivity (Wildman–Crippen MR) is 79.1 cm³/mol. The summed E-state index contributed by atoms with van der Waals surface area (Å²) in [5, 5.41) is 6.80. The van der Waals surface area contributed by atoms with Crippen molar-refractivity contribution in [1.29, 1.82) is 0 Å². The second-order valence-corrected chi connectivity index (χ2v) is 5.17. The smallest absolute Gasteiger partial charge is 0.127 e. The van der Waals surface area contributed by atoms with Gasteiger partial charge in [0.1, 0.15) is 5.82 Å². The molecule has 0 aliphatic heterocycles. The molecule has 2 N–H and O–H groups in total. The second kappa shape index (κ2) is 8.23. The molecule has 0 bridgehead atoms. The van der Waals surface area contributed by atoms with Crippen LogP contribution in [0.2, 0.25) is 0 Å². The zero-order valence-corrected chi connectivity index (χ0v) is 11.8. The Kier molecular flexibility index (Phi) is 6.86. The van der Waals surface area contributed by atoms with Crippen molar-refractivity contribution >= 4 is 23.3 Å². The molecule has 0 spiro atoms. The van der Waals surface area contributed by atoms with Gasteiger partial charge in [0.25, 0.3) is 0 Å². The lowest BCUT2D eigenvalue weighted by molar-refractivity contribution is 0.772. The highest BCUT2D eigenvalue weighted by Crippen LogP contribution is 2.14. The Hall–Kier alpha value is -0.900. The summed E-state index contributed by atoms with van der Waals surface area (Å²) in [5.74, 6) is 2.15. The Morgan fingerprint density at radius 2 is 2.29 bits per heavy atom. The minimum absolute atomic E-state index is 0.504. The molecule has 1 unspecified atom stereocenters. The number of thioether (sulfide) groups is 1. The minimum atomic E-state index is 0.504. The van der Waals surface area contributed by atoms with Crippen LogP contribution in [0.5, 0.6) is 0 Å². The van der Waals surface area contributed by atoms with E-state index in [1.807, 2.05) is 24.0 Å². The van der Waals surface area contributed by atoms with Gasteiger partial charge in [0.2, 0.25) is 0 Å². The van der Waals surface area contributed by atoms with Gasteiger partial charge in [0.05, 0.1) is 0 Å². The molecule has 4 heteroatoms. The largest absolute Gasteiger partial charge is 0.382 e. The standard InChI is InChI=1S/C13H23N3S/c1-4-7-14-13-10-12(5-8-15-13)16-11(2)6-9-17-3/h5,8,10-11H,4,6-7,9H2,1-3H3,(H2,14,15,16). The lowest BCUT2D eigenvalue weighted by atomic mass is 10.2. The monoisotopic (exact) mass is 253 g/mol. The van der Waals surface area contributed by atoms with Crippen LogP contribution < -0.4 is 10.6 Å². The highest BCUT2D eigenvalue weighted by atomic mass is 32.2. The van der Waals surface area contributed by atoms with Crippen LogP contribution in [0.25, 0.3) is 0 Å². The van der Waals surface area contributed by atoms with Crippen molar-refractivity contribution in [3.8, 4) is 0 Å². The fourth-order valence-corrected chi connectivity index (χ4v) is 2.11. The average molecular weight is 253 g/mol. The van der Waals surface area contributed by atoms with E-state index >= 15 is 0 Å². The number of hydrogen-bond donors (Lipinski definition) is 2. The van der Waals surface area contributed by atoms with Gasteiger partial charge in [-0.25, -0.2) is 4.98 Å². The molecule has 1 aromatic heterocycles. The fraction of sp³-hybridized carbons (Fsp3) is 0.615. The van der Waals surface area contributed by atoms with Gasteiger partial charge in [-0.2, -0.15) is 11.8 Å². The Morgan fingerprint density at radius 3 is 3.00 bits per heavy atom. The van der Waals surface area contributed by atoms with E-state index < -0.39 is 0 Å². The van der Waals surface area contributed by atoms with Gasteiger partial charge in [-0.05, 0) is 37.8 Å². The van der Waals surface area contributed by atoms with Gasteiger partial charge in [0.15, 0.2) is 0 Å². The Balaban J connectivity index is 2.47. The molecule has 96 valence electrons. The number of nitrogens with one attached hydrogen (secondary N) is 2. The zero-order valence-electron chi connectivity index (χ0n) is 11.0. The molecule has 3 nitrogen and oxygen atoms in total. The molecular formula is C13H23N3S. The number of anilines is 2. The van der Waals surface area contributed by atoms with Crippen molar-refractivity contribution in [2.45, 2.75) is 32.7 Å². The van der Waals surface area contributed by atoms with Gasteiger partial charge < -0.3 is 10.6 Å². The third kappa shape index (κ3) is 5.82. The Labute approximate surface area is 109 Å². The summed E-state index contributed by atoms with van der Waals surface area (Å²) in [6.45, 7) is 5.34. The first kappa shape index (κ1) is 14.2. The van der Waals surface area contributed by atoms with E-state index in [1.165, 1.54) is 12.2 Å². The first-order valence-corrected chi connectivity index (χ1v) is 7.61. The van der Waals surface area contributed by atoms with Crippen LogP contribution in [-0.4, -0.2) is 29.6 Å². The lowest BCUT2D eigenvalue weighted by Gasteiger charge is -2.15. The Morgan fingerprint density at radius 1 is 1.47 bits per heavy atom. The van der Waals surface area contributed by atoms with Crippen LogP contribution in [-0.2, 0) is 0 Å². The van der Waals surface area contributed by atoms with Gasteiger partial charge in [-0.15, -0.1) is 0 Å². The normalized spacial score (nSPS) is 12.2. The lowest BCUT2D eigenvalue weighted by Crippen LogP contribution is -2.16. The zero-order chi connectivity index (χ0) is 12.5. The number of rotatable bonds is 8. The summed E-state index contributed by atoms with van der Waals surface area (Å²) < 4.78 is 0. The molecule has 0 aromatic carbocycles. The molecule has 1 rings (SSSR count). The summed E-state index contributed by atoms with van der Waals surface area (Å²) in [7, 11) is 0. The summed E-state index contributed by atoms with van der Waals surface area (Å²) in [6.07, 6.45) is 6.29. The minimum Gasteiger partial charge on any atom is -0.382 e. The van der Waals surface area contributed by atoms with Gasteiger partial charge >= 0.3 is 0 Å². The number of nitrogens with zero attached hydrogens (tertiary/aromatic N) is 1. The van der Waals surface area contributed by atoms with E-state index in [2.05, 4.69) is 41.8 Å². The first-order valence-electron chi connectivity index (χ1n) is 6.21. The molecule has 0 radical (unpaired) electrons. The van der Waals surface area contributed by atoms with Crippen molar-refractivity contribution in [3.63, 3.8) is 0 Å². The topological polar surface area (TPSA) is 37.0 Å². The molecule has 1 aromatic rings. The summed E-state index contributed by atoms with van der Waals surface area (Å²) in [6, 6.07) is 4.60. The summed E-state index contributed by atoms with van der Waals surface area (Å²) >= 11 is 1.89. The predicted octanol–water partition coefficient (Wildman–Crippen LogP) is 3.46. The van der Waals surface area contributed by atoms with Gasteiger partial charge in [-0.3, -0.25) is 0 Å². The van der Waals surface area contributed by atoms with Gasteiger partial charge in [-0.1, -0.05) is 6.92 Å². The fourth-order valence-electron chi connectivity index (χ4n) is 1.52. The van der Waals surface area contributed by atoms with Crippen molar-refractivity contribution < 1.29 is 0 Å². The van der Waals surface area contributed by atoms with E-state index in [0.29, 0.717) is 6.04 Å². The molecule has 0 saturated carbocycles. The molecule has 0 amide bonds. The van der Waals surface area contributed by atoms with Crippen molar-refractivity contribution in [2.75, 3.05) is 29.2 Å². The van der Waals surface area contributed by atoms with Crippen LogP contribution >= 0.6 is 11.8 Å². The van der Waals surface area contributed by atoms with Gasteiger partial charge in [0, 0.05) is 30.5 Å². The quantitative estimate of drug-likeness (QED) is 0.744. The molecule has 1 atom stereocenters. The van der Waals surface area contributed by atoms with E-state index in [0.717, 1.165) is 24.5 Å². The Bertz CT molecular complexity index is 317. The van der Waals surface area contributed by atoms with Crippen LogP contribution in [0.15, 0.2) is 18.3 Å². The molecule has 17 heavy (non-hydrogen) atoms. The highest BCUT2D eigenvalue weighted by molar-refractivity contribution is 7.98.